The maximum Gasteiger partial charge on any atom is 0.157 e. The molecular weight excluding hydrogens is 238 g/mol. The van der Waals surface area contributed by atoms with Crippen LogP contribution in [0.3, 0.4) is 0 Å². The SMILES string of the molecule is CNCC1CCN(c2cc(C)cc3ncnn23)CC1. The molecule has 1 saturated heterocycles. The number of aryl methyl sites for hydroxylation is 1. The first-order valence-electron chi connectivity index (χ1n) is 6.98. The number of nitrogens with one attached hydrogen (secondary N) is 1. The predicted molar refractivity (Wildman–Crippen MR) is 76.6 cm³/mol. The Morgan fingerprint density at radius 1 is 1.32 bits per heavy atom. The van der Waals surface area contributed by atoms with Gasteiger partial charge in [-0.2, -0.15) is 9.61 Å². The molecule has 1 aliphatic rings. The monoisotopic (exact) mass is 259 g/mol. The van der Waals surface area contributed by atoms with Gasteiger partial charge in [0.2, 0.25) is 0 Å². The van der Waals surface area contributed by atoms with Crippen molar-refractivity contribution in [3.8, 4) is 0 Å². The number of pyridine rings is 1. The second-order valence-corrected chi connectivity index (χ2v) is 5.41. The summed E-state index contributed by atoms with van der Waals surface area (Å²) in [7, 11) is 2.03. The molecular formula is C14H21N5. The van der Waals surface area contributed by atoms with Crippen molar-refractivity contribution in [3.63, 3.8) is 0 Å². The molecule has 1 fully saturated rings. The molecule has 0 amide bonds. The first-order valence-corrected chi connectivity index (χ1v) is 6.98. The van der Waals surface area contributed by atoms with Crippen molar-refractivity contribution in [2.75, 3.05) is 31.6 Å². The molecule has 0 unspecified atom stereocenters. The molecule has 2 aromatic rings. The smallest absolute Gasteiger partial charge is 0.157 e. The van der Waals surface area contributed by atoms with Gasteiger partial charge in [-0.25, -0.2) is 4.98 Å². The molecule has 1 N–H and O–H groups in total. The van der Waals surface area contributed by atoms with Crippen LogP contribution in [0.4, 0.5) is 5.82 Å². The van der Waals surface area contributed by atoms with Crippen LogP contribution in [0.2, 0.25) is 0 Å². The average molecular weight is 259 g/mol. The van der Waals surface area contributed by atoms with Crippen molar-refractivity contribution < 1.29 is 0 Å². The van der Waals surface area contributed by atoms with E-state index in [0.717, 1.165) is 31.2 Å². The number of aromatic nitrogens is 3. The highest BCUT2D eigenvalue weighted by molar-refractivity contribution is 5.53. The van der Waals surface area contributed by atoms with E-state index in [4.69, 9.17) is 0 Å². The lowest BCUT2D eigenvalue weighted by Gasteiger charge is -2.33. The van der Waals surface area contributed by atoms with Gasteiger partial charge < -0.3 is 10.2 Å². The van der Waals surface area contributed by atoms with E-state index in [2.05, 4.69) is 39.4 Å². The average Bonchev–Trinajstić information content (AvgIpc) is 2.87. The van der Waals surface area contributed by atoms with Crippen LogP contribution < -0.4 is 10.2 Å². The zero-order valence-electron chi connectivity index (χ0n) is 11.6. The molecule has 5 heteroatoms. The minimum absolute atomic E-state index is 0.803. The van der Waals surface area contributed by atoms with Gasteiger partial charge in [-0.1, -0.05) is 0 Å². The standard InChI is InChI=1S/C14H21N5/c1-11-7-13-16-10-17-19(13)14(8-11)18-5-3-12(4-6-18)9-15-2/h7-8,10,12,15H,3-6,9H2,1-2H3. The van der Waals surface area contributed by atoms with E-state index in [1.807, 2.05) is 11.6 Å². The van der Waals surface area contributed by atoms with E-state index in [9.17, 15) is 0 Å². The summed E-state index contributed by atoms with van der Waals surface area (Å²) >= 11 is 0. The Morgan fingerprint density at radius 3 is 2.84 bits per heavy atom. The molecule has 5 nitrogen and oxygen atoms in total. The first-order chi connectivity index (χ1) is 9.28. The summed E-state index contributed by atoms with van der Waals surface area (Å²) in [6, 6.07) is 4.28. The summed E-state index contributed by atoms with van der Waals surface area (Å²) in [5, 5.41) is 7.62. The molecule has 19 heavy (non-hydrogen) atoms. The third kappa shape index (κ3) is 2.42. The molecule has 0 spiro atoms. The number of hydrogen-bond donors (Lipinski definition) is 1. The van der Waals surface area contributed by atoms with Crippen LogP contribution in [0.25, 0.3) is 5.65 Å². The lowest BCUT2D eigenvalue weighted by molar-refractivity contribution is 0.391. The fourth-order valence-electron chi connectivity index (χ4n) is 2.92. The second-order valence-electron chi connectivity index (χ2n) is 5.41. The van der Waals surface area contributed by atoms with Crippen LogP contribution in [0, 0.1) is 12.8 Å². The molecule has 3 rings (SSSR count). The highest BCUT2D eigenvalue weighted by Crippen LogP contribution is 2.24. The lowest BCUT2D eigenvalue weighted by Crippen LogP contribution is -2.37. The van der Waals surface area contributed by atoms with Crippen molar-refractivity contribution in [2.45, 2.75) is 19.8 Å². The van der Waals surface area contributed by atoms with Crippen LogP contribution >= 0.6 is 0 Å². The normalized spacial score (nSPS) is 17.3. The highest BCUT2D eigenvalue weighted by atomic mass is 15.4. The summed E-state index contributed by atoms with van der Waals surface area (Å²) in [6.45, 7) is 5.45. The van der Waals surface area contributed by atoms with E-state index >= 15 is 0 Å². The van der Waals surface area contributed by atoms with Gasteiger partial charge >= 0.3 is 0 Å². The highest BCUT2D eigenvalue weighted by Gasteiger charge is 2.20. The Morgan fingerprint density at radius 2 is 2.11 bits per heavy atom. The van der Waals surface area contributed by atoms with Crippen molar-refractivity contribution in [3.05, 3.63) is 24.0 Å². The molecule has 0 atom stereocenters. The van der Waals surface area contributed by atoms with Gasteiger partial charge in [0.05, 0.1) is 0 Å². The van der Waals surface area contributed by atoms with Gasteiger partial charge in [0.15, 0.2) is 5.65 Å². The third-order valence-electron chi connectivity index (χ3n) is 3.94. The van der Waals surface area contributed by atoms with Gasteiger partial charge in [0.25, 0.3) is 0 Å². The van der Waals surface area contributed by atoms with Gasteiger partial charge in [0.1, 0.15) is 12.1 Å². The summed E-state index contributed by atoms with van der Waals surface area (Å²) in [6.07, 6.45) is 4.11. The fraction of sp³-hybridized carbons (Fsp3) is 0.571. The summed E-state index contributed by atoms with van der Waals surface area (Å²) in [5.74, 6) is 1.98. The molecule has 0 saturated carbocycles. The van der Waals surface area contributed by atoms with Crippen LogP contribution in [0.5, 0.6) is 0 Å². The van der Waals surface area contributed by atoms with Crippen LogP contribution in [0.15, 0.2) is 18.5 Å². The number of anilines is 1. The van der Waals surface area contributed by atoms with E-state index < -0.39 is 0 Å². The maximum atomic E-state index is 4.34. The number of hydrogen-bond acceptors (Lipinski definition) is 4. The fourth-order valence-corrected chi connectivity index (χ4v) is 2.92. The Kier molecular flexibility index (Phi) is 3.38. The van der Waals surface area contributed by atoms with Crippen molar-refractivity contribution >= 4 is 11.5 Å². The van der Waals surface area contributed by atoms with E-state index in [1.165, 1.54) is 24.2 Å². The number of piperidine rings is 1. The third-order valence-corrected chi connectivity index (χ3v) is 3.94. The Balaban J connectivity index is 1.83. The van der Waals surface area contributed by atoms with E-state index in [1.54, 1.807) is 6.33 Å². The molecule has 3 heterocycles. The number of fused-ring (bicyclic) bond motifs is 1. The Labute approximate surface area is 113 Å². The number of nitrogens with zero attached hydrogens (tertiary/aromatic N) is 4. The molecule has 0 radical (unpaired) electrons. The largest absolute Gasteiger partial charge is 0.356 e. The van der Waals surface area contributed by atoms with Gasteiger partial charge in [-0.3, -0.25) is 0 Å². The molecule has 1 aliphatic heterocycles. The van der Waals surface area contributed by atoms with Gasteiger partial charge in [0, 0.05) is 13.1 Å². The van der Waals surface area contributed by atoms with Crippen molar-refractivity contribution in [1.82, 2.24) is 19.9 Å². The molecule has 2 aromatic heterocycles. The maximum absolute atomic E-state index is 4.34. The second kappa shape index (κ2) is 5.17. The molecule has 0 aliphatic carbocycles. The van der Waals surface area contributed by atoms with Crippen molar-refractivity contribution in [1.29, 1.82) is 0 Å². The number of rotatable bonds is 3. The minimum Gasteiger partial charge on any atom is -0.356 e. The van der Waals surface area contributed by atoms with Gasteiger partial charge in [-0.15, -0.1) is 0 Å². The predicted octanol–water partition coefficient (Wildman–Crippen LogP) is 1.47. The van der Waals surface area contributed by atoms with Gasteiger partial charge in [-0.05, 0) is 57.0 Å². The van der Waals surface area contributed by atoms with Crippen LogP contribution in [-0.2, 0) is 0 Å². The topological polar surface area (TPSA) is 45.5 Å². The van der Waals surface area contributed by atoms with Crippen LogP contribution in [0.1, 0.15) is 18.4 Å². The Bertz CT molecular complexity index is 554. The zero-order chi connectivity index (χ0) is 13.2. The summed E-state index contributed by atoms with van der Waals surface area (Å²) in [5.41, 5.74) is 2.18. The van der Waals surface area contributed by atoms with E-state index in [0.29, 0.717) is 0 Å². The Hall–Kier alpha value is -1.62. The van der Waals surface area contributed by atoms with E-state index in [-0.39, 0.29) is 0 Å². The first kappa shape index (κ1) is 12.4. The molecule has 102 valence electrons. The lowest BCUT2D eigenvalue weighted by atomic mass is 9.97. The summed E-state index contributed by atoms with van der Waals surface area (Å²) < 4.78 is 1.95. The van der Waals surface area contributed by atoms with Crippen LogP contribution in [-0.4, -0.2) is 41.3 Å². The minimum atomic E-state index is 0.803. The zero-order valence-corrected chi connectivity index (χ0v) is 11.6. The quantitative estimate of drug-likeness (QED) is 0.907. The molecule has 0 bridgehead atoms. The summed E-state index contributed by atoms with van der Waals surface area (Å²) in [4.78, 5) is 6.73. The van der Waals surface area contributed by atoms with Crippen molar-refractivity contribution in [2.24, 2.45) is 5.92 Å². The molecule has 0 aromatic carbocycles.